The highest BCUT2D eigenvalue weighted by Crippen LogP contribution is 2.31. The second-order valence-corrected chi connectivity index (χ2v) is 8.15. The van der Waals surface area contributed by atoms with Crippen LogP contribution < -0.4 is 0 Å². The molecule has 0 amide bonds. The number of aliphatic carboxylic acids is 1. The predicted molar refractivity (Wildman–Crippen MR) is 89.7 cm³/mol. The Hall–Kier alpha value is -1.83. The Kier molecular flexibility index (Phi) is 4.43. The van der Waals surface area contributed by atoms with Gasteiger partial charge in [-0.1, -0.05) is 42.5 Å². The van der Waals surface area contributed by atoms with Gasteiger partial charge in [-0.05, 0) is 23.3 Å². The standard InChI is InChI=1S/C16H15NO4S2/c18-16(19)15-17(10-11-22-15)23(20,21)14-8-6-13(7-9-14)12-4-2-1-3-5-12/h1-9,15H,10-11H2,(H,18,19)/t15-/m0/s1. The number of carbonyl (C=O) groups is 1. The molecule has 1 saturated heterocycles. The summed E-state index contributed by atoms with van der Waals surface area (Å²) in [4.78, 5) is 11.3. The Morgan fingerprint density at radius 1 is 1.04 bits per heavy atom. The molecule has 0 unspecified atom stereocenters. The highest BCUT2D eigenvalue weighted by molar-refractivity contribution is 8.02. The highest BCUT2D eigenvalue weighted by Gasteiger charge is 2.40. The number of nitrogens with zero attached hydrogens (tertiary/aromatic N) is 1. The lowest BCUT2D eigenvalue weighted by molar-refractivity contribution is -0.138. The van der Waals surface area contributed by atoms with Crippen LogP contribution in [-0.4, -0.2) is 41.5 Å². The molecule has 3 rings (SSSR count). The van der Waals surface area contributed by atoms with E-state index in [4.69, 9.17) is 5.11 Å². The van der Waals surface area contributed by atoms with Gasteiger partial charge in [0, 0.05) is 12.3 Å². The average molecular weight is 349 g/mol. The van der Waals surface area contributed by atoms with Crippen LogP contribution >= 0.6 is 11.8 Å². The number of rotatable bonds is 4. The van der Waals surface area contributed by atoms with E-state index in [2.05, 4.69) is 0 Å². The fourth-order valence-electron chi connectivity index (χ4n) is 2.48. The van der Waals surface area contributed by atoms with Gasteiger partial charge in [-0.15, -0.1) is 11.8 Å². The van der Waals surface area contributed by atoms with Crippen molar-refractivity contribution >= 4 is 27.8 Å². The van der Waals surface area contributed by atoms with Gasteiger partial charge in [-0.2, -0.15) is 4.31 Å². The van der Waals surface area contributed by atoms with Gasteiger partial charge >= 0.3 is 5.97 Å². The summed E-state index contributed by atoms with van der Waals surface area (Å²) in [6, 6.07) is 16.2. The number of benzene rings is 2. The second kappa shape index (κ2) is 6.35. The Morgan fingerprint density at radius 3 is 2.26 bits per heavy atom. The molecule has 1 fully saturated rings. The van der Waals surface area contributed by atoms with E-state index in [1.54, 1.807) is 12.1 Å². The van der Waals surface area contributed by atoms with Crippen molar-refractivity contribution in [1.29, 1.82) is 0 Å². The first-order valence-corrected chi connectivity index (χ1v) is 9.51. The van der Waals surface area contributed by atoms with Crippen molar-refractivity contribution in [3.8, 4) is 11.1 Å². The lowest BCUT2D eigenvalue weighted by Crippen LogP contribution is -2.39. The van der Waals surface area contributed by atoms with Crippen LogP contribution in [0.1, 0.15) is 0 Å². The van der Waals surface area contributed by atoms with Gasteiger partial charge < -0.3 is 5.11 Å². The molecule has 0 aliphatic carbocycles. The van der Waals surface area contributed by atoms with Crippen molar-refractivity contribution in [1.82, 2.24) is 4.31 Å². The minimum absolute atomic E-state index is 0.117. The minimum Gasteiger partial charge on any atom is -0.479 e. The van der Waals surface area contributed by atoms with Gasteiger partial charge in [0.15, 0.2) is 5.37 Å². The van der Waals surface area contributed by atoms with E-state index in [0.717, 1.165) is 27.2 Å². The maximum atomic E-state index is 12.6. The molecule has 2 aromatic carbocycles. The molecule has 0 radical (unpaired) electrons. The Labute approximate surface area is 139 Å². The zero-order valence-corrected chi connectivity index (χ0v) is 13.8. The Bertz CT molecular complexity index is 804. The van der Waals surface area contributed by atoms with E-state index in [-0.39, 0.29) is 11.4 Å². The lowest BCUT2D eigenvalue weighted by Gasteiger charge is -2.20. The molecule has 1 aliphatic heterocycles. The molecule has 120 valence electrons. The molecular weight excluding hydrogens is 334 g/mol. The summed E-state index contributed by atoms with van der Waals surface area (Å²) in [6.07, 6.45) is 0. The molecule has 0 bridgehead atoms. The molecular formula is C16H15NO4S2. The first-order valence-electron chi connectivity index (χ1n) is 7.02. The molecule has 1 atom stereocenters. The van der Waals surface area contributed by atoms with Crippen molar-refractivity contribution in [3.63, 3.8) is 0 Å². The van der Waals surface area contributed by atoms with E-state index >= 15 is 0 Å². The third-order valence-corrected chi connectivity index (χ3v) is 6.83. The Balaban J connectivity index is 1.91. The largest absolute Gasteiger partial charge is 0.479 e. The molecule has 0 saturated carbocycles. The lowest BCUT2D eigenvalue weighted by atomic mass is 10.1. The molecule has 1 aliphatic rings. The van der Waals surface area contributed by atoms with Gasteiger partial charge in [0.05, 0.1) is 4.90 Å². The van der Waals surface area contributed by atoms with Crippen LogP contribution in [-0.2, 0) is 14.8 Å². The molecule has 23 heavy (non-hydrogen) atoms. The van der Waals surface area contributed by atoms with Crippen LogP contribution in [0.5, 0.6) is 0 Å². The fourth-order valence-corrected chi connectivity index (χ4v) is 5.48. The summed E-state index contributed by atoms with van der Waals surface area (Å²) in [5.41, 5.74) is 1.91. The third kappa shape index (κ3) is 3.12. The summed E-state index contributed by atoms with van der Waals surface area (Å²) in [7, 11) is -3.80. The van der Waals surface area contributed by atoms with Crippen LogP contribution in [0.15, 0.2) is 59.5 Å². The Morgan fingerprint density at radius 2 is 1.65 bits per heavy atom. The summed E-state index contributed by atoms with van der Waals surface area (Å²) in [5, 5.41) is 8.11. The maximum Gasteiger partial charge on any atom is 0.332 e. The quantitative estimate of drug-likeness (QED) is 0.918. The molecule has 1 N–H and O–H groups in total. The first kappa shape index (κ1) is 16.0. The minimum atomic E-state index is -3.80. The van der Waals surface area contributed by atoms with E-state index in [9.17, 15) is 13.2 Å². The molecule has 7 heteroatoms. The van der Waals surface area contributed by atoms with Crippen LogP contribution in [0, 0.1) is 0 Å². The predicted octanol–water partition coefficient (Wildman–Crippen LogP) is 2.50. The topological polar surface area (TPSA) is 74.7 Å². The van der Waals surface area contributed by atoms with Crippen molar-refractivity contribution < 1.29 is 18.3 Å². The van der Waals surface area contributed by atoms with Crippen LogP contribution in [0.2, 0.25) is 0 Å². The first-order chi connectivity index (χ1) is 11.0. The number of hydrogen-bond donors (Lipinski definition) is 1. The van der Waals surface area contributed by atoms with E-state index in [0.29, 0.717) is 5.75 Å². The van der Waals surface area contributed by atoms with E-state index < -0.39 is 21.4 Å². The van der Waals surface area contributed by atoms with Crippen LogP contribution in [0.4, 0.5) is 0 Å². The monoisotopic (exact) mass is 349 g/mol. The number of thioether (sulfide) groups is 1. The molecule has 5 nitrogen and oxygen atoms in total. The van der Waals surface area contributed by atoms with Crippen LogP contribution in [0.3, 0.4) is 0 Å². The number of carboxylic acid groups (broad SMARTS) is 1. The van der Waals surface area contributed by atoms with Gasteiger partial charge in [0.1, 0.15) is 0 Å². The van der Waals surface area contributed by atoms with Crippen molar-refractivity contribution in [2.24, 2.45) is 0 Å². The SMILES string of the molecule is O=C(O)[C@@H]1SCCN1S(=O)(=O)c1ccc(-c2ccccc2)cc1. The zero-order chi connectivity index (χ0) is 16.4. The number of sulfonamides is 1. The smallest absolute Gasteiger partial charge is 0.332 e. The summed E-state index contributed by atoms with van der Waals surface area (Å²) < 4.78 is 26.3. The molecule has 0 spiro atoms. The normalized spacial score (nSPS) is 18.9. The fraction of sp³-hybridized carbons (Fsp3) is 0.188. The molecule has 2 aromatic rings. The molecule has 1 heterocycles. The summed E-state index contributed by atoms with van der Waals surface area (Å²) >= 11 is 1.13. The summed E-state index contributed by atoms with van der Waals surface area (Å²) in [6.45, 7) is 0.213. The highest BCUT2D eigenvalue weighted by atomic mass is 32.2. The third-order valence-electron chi connectivity index (χ3n) is 3.63. The van der Waals surface area contributed by atoms with E-state index in [1.807, 2.05) is 30.3 Å². The number of carboxylic acids is 1. The number of hydrogen-bond acceptors (Lipinski definition) is 4. The molecule has 0 aromatic heterocycles. The van der Waals surface area contributed by atoms with Crippen molar-refractivity contribution in [2.75, 3.05) is 12.3 Å². The van der Waals surface area contributed by atoms with Gasteiger partial charge in [0.25, 0.3) is 0 Å². The van der Waals surface area contributed by atoms with Gasteiger partial charge in [-0.3, -0.25) is 0 Å². The second-order valence-electron chi connectivity index (χ2n) is 5.07. The van der Waals surface area contributed by atoms with Crippen molar-refractivity contribution in [2.45, 2.75) is 10.3 Å². The van der Waals surface area contributed by atoms with Crippen LogP contribution in [0.25, 0.3) is 11.1 Å². The van der Waals surface area contributed by atoms with E-state index in [1.165, 1.54) is 12.1 Å². The van der Waals surface area contributed by atoms with Gasteiger partial charge in [0.2, 0.25) is 10.0 Å². The zero-order valence-electron chi connectivity index (χ0n) is 12.1. The summed E-state index contributed by atoms with van der Waals surface area (Å²) in [5.74, 6) is -0.643. The average Bonchev–Trinajstić information content (AvgIpc) is 3.07. The van der Waals surface area contributed by atoms with Crippen molar-refractivity contribution in [3.05, 3.63) is 54.6 Å². The van der Waals surface area contributed by atoms with Gasteiger partial charge in [-0.25, -0.2) is 13.2 Å². The maximum absolute atomic E-state index is 12.6.